The molecule has 0 heterocycles. The summed E-state index contributed by atoms with van der Waals surface area (Å²) >= 11 is 0. The van der Waals surface area contributed by atoms with Crippen LogP contribution in [0.4, 0.5) is 0 Å². The van der Waals surface area contributed by atoms with Crippen LogP contribution in [0.1, 0.15) is 38.4 Å². The average molecular weight is 561 g/mol. The van der Waals surface area contributed by atoms with E-state index in [0.29, 0.717) is 0 Å². The minimum Gasteiger partial charge on any atom is -0.0622 e. The lowest BCUT2D eigenvalue weighted by Gasteiger charge is -2.20. The lowest BCUT2D eigenvalue weighted by Crippen LogP contribution is -1.92. The quantitative estimate of drug-likeness (QED) is 0.188. The maximum atomic E-state index is 9.65. The van der Waals surface area contributed by atoms with Gasteiger partial charge in [-0.1, -0.05) is 169 Å². The van der Waals surface area contributed by atoms with Gasteiger partial charge in [0, 0.05) is 0 Å². The first-order chi connectivity index (χ1) is 32.5. The van der Waals surface area contributed by atoms with Gasteiger partial charge in [-0.25, -0.2) is 0 Å². The van der Waals surface area contributed by atoms with Crippen molar-refractivity contribution in [1.29, 1.82) is 0 Å². The molecule has 0 nitrogen and oxygen atoms in total. The van der Waals surface area contributed by atoms with Crippen molar-refractivity contribution in [1.82, 2.24) is 0 Å². The van der Waals surface area contributed by atoms with Crippen LogP contribution in [0.25, 0.3) is 76.8 Å². The highest BCUT2D eigenvalue weighted by Crippen LogP contribution is 2.46. The van der Waals surface area contributed by atoms with Crippen molar-refractivity contribution in [3.8, 4) is 44.5 Å². The van der Waals surface area contributed by atoms with Gasteiger partial charge in [0.1, 0.15) is 0 Å². The lowest BCUT2D eigenvalue weighted by atomic mass is 9.83. The first kappa shape index (κ1) is 9.02. The van der Waals surface area contributed by atoms with Crippen molar-refractivity contribution in [3.63, 3.8) is 0 Å². The smallest absolute Gasteiger partial charge is 0.0622 e. The topological polar surface area (TPSA) is 0 Å². The molecular weight excluding hydrogens is 504 g/mol. The molecular formula is C42H28. The van der Waals surface area contributed by atoms with E-state index in [-0.39, 0.29) is 0 Å². The zero-order valence-electron chi connectivity index (χ0n) is 49.0. The third-order valence-corrected chi connectivity index (χ3v) is 6.50. The highest BCUT2D eigenvalue weighted by atomic mass is 14.2. The predicted octanol–water partition coefficient (Wildman–Crippen LogP) is 11.8. The minimum atomic E-state index is -1.10. The summed E-state index contributed by atoms with van der Waals surface area (Å²) in [6.45, 7) is 0. The molecule has 0 radical (unpaired) electrons. The van der Waals surface area contributed by atoms with E-state index < -0.39 is 246 Å². The number of hydrogen-bond acceptors (Lipinski definition) is 0. The normalized spacial score (nSPS) is 20.7. The third kappa shape index (κ3) is 4.00. The second kappa shape index (κ2) is 10.2. The summed E-state index contributed by atoms with van der Waals surface area (Å²) in [6, 6.07) is -27.7. The van der Waals surface area contributed by atoms with Gasteiger partial charge >= 0.3 is 0 Å². The monoisotopic (exact) mass is 560 g/mol. The number of rotatable bonds is 4. The van der Waals surface area contributed by atoms with Crippen LogP contribution in [0.3, 0.4) is 0 Å². The van der Waals surface area contributed by atoms with Gasteiger partial charge in [0.25, 0.3) is 0 Å². The van der Waals surface area contributed by atoms with Crippen LogP contribution in [-0.2, 0) is 0 Å². The minimum absolute atomic E-state index is 0.740. The average Bonchev–Trinajstić information content (AvgIpc) is 3.33. The Kier molecular flexibility index (Phi) is 2.19. The van der Waals surface area contributed by atoms with E-state index in [1.807, 2.05) is 0 Å². The Hall–Kier alpha value is -5.46. The summed E-state index contributed by atoms with van der Waals surface area (Å²) in [4.78, 5) is 0. The van der Waals surface area contributed by atoms with E-state index in [2.05, 4.69) is 0 Å². The molecule has 0 bridgehead atoms. The molecule has 0 unspecified atom stereocenters. The van der Waals surface area contributed by atoms with E-state index in [0.717, 1.165) is 0 Å². The van der Waals surface area contributed by atoms with Crippen molar-refractivity contribution in [2.45, 2.75) is 0 Å². The zero-order chi connectivity index (χ0) is 52.2. The summed E-state index contributed by atoms with van der Waals surface area (Å²) in [6.07, 6.45) is 0. The van der Waals surface area contributed by atoms with Gasteiger partial charge in [0.2, 0.25) is 0 Å². The fraction of sp³-hybridized carbons (Fsp3) is 0. The van der Waals surface area contributed by atoms with Crippen LogP contribution >= 0.6 is 0 Å². The number of benzene rings is 8. The van der Waals surface area contributed by atoms with Gasteiger partial charge in [-0.2, -0.15) is 0 Å². The molecule has 0 aliphatic rings. The molecule has 0 N–H and O–H groups in total. The van der Waals surface area contributed by atoms with Crippen LogP contribution in [0, 0.1) is 0 Å². The Morgan fingerprint density at radius 3 is 1.14 bits per heavy atom. The molecule has 196 valence electrons. The maximum Gasteiger partial charge on any atom is 0.0630 e. The molecule has 0 aliphatic carbocycles. The summed E-state index contributed by atoms with van der Waals surface area (Å²) in [5.41, 5.74) is -6.33. The Balaban J connectivity index is 1.73. The molecule has 8 rings (SSSR count). The van der Waals surface area contributed by atoms with E-state index in [1.54, 1.807) is 0 Å². The SMILES string of the molecule is [2H]c1c([2H])c([2H])c(-c2c([2H])c([2H])c(-c3c4c([2H])c([2H])c([2H])c([2H])c4c(-c4c([2H])c([2H])c(-c5c([2H])c([2H])c([2H])c([2H])c5[2H])c5c([2H])c([2H])c([2H])c([2H])c45)c4c([2H])c([2H])c([2H])c([2H])c34)c([2H])c2[2H])c([2H])c1[2H]. The first-order valence-electron chi connectivity index (χ1n) is 26.2. The summed E-state index contributed by atoms with van der Waals surface area (Å²) < 4.78 is 249. The van der Waals surface area contributed by atoms with Crippen molar-refractivity contribution in [2.75, 3.05) is 0 Å². The predicted molar refractivity (Wildman–Crippen MR) is 181 cm³/mol. The third-order valence-electron chi connectivity index (χ3n) is 6.50. The lowest BCUT2D eigenvalue weighted by molar-refractivity contribution is 1.61. The van der Waals surface area contributed by atoms with Crippen LogP contribution in [0.15, 0.2) is 169 Å². The molecule has 0 saturated heterocycles. The number of fused-ring (bicyclic) bond motifs is 3. The largest absolute Gasteiger partial charge is 0.0630 e. The molecule has 0 saturated carbocycles. The van der Waals surface area contributed by atoms with Gasteiger partial charge in [0.15, 0.2) is 0 Å². The molecule has 0 heteroatoms. The fourth-order valence-electron chi connectivity index (χ4n) is 4.75. The molecule has 42 heavy (non-hydrogen) atoms. The maximum absolute atomic E-state index is 9.65. The number of hydrogen-bond donors (Lipinski definition) is 0. The van der Waals surface area contributed by atoms with Crippen LogP contribution < -0.4 is 0 Å². The Morgan fingerprint density at radius 2 is 0.595 bits per heavy atom. The molecule has 0 amide bonds. The molecule has 0 aliphatic heterocycles. The first-order valence-corrected chi connectivity index (χ1v) is 12.2. The second-order valence-electron chi connectivity index (χ2n) is 8.75. The van der Waals surface area contributed by atoms with Gasteiger partial charge in [-0.05, 0) is 76.8 Å². The molecule has 8 aromatic rings. The van der Waals surface area contributed by atoms with Crippen LogP contribution in [-0.4, -0.2) is 0 Å². The van der Waals surface area contributed by atoms with Gasteiger partial charge < -0.3 is 0 Å². The highest BCUT2D eigenvalue weighted by molar-refractivity contribution is 6.24. The highest BCUT2D eigenvalue weighted by Gasteiger charge is 2.18. The fourth-order valence-corrected chi connectivity index (χ4v) is 4.75. The van der Waals surface area contributed by atoms with Crippen molar-refractivity contribution in [3.05, 3.63) is 169 Å². The summed E-state index contributed by atoms with van der Waals surface area (Å²) in [7, 11) is 0. The van der Waals surface area contributed by atoms with E-state index in [1.165, 1.54) is 0 Å². The molecule has 0 aromatic heterocycles. The standard InChI is InChI=1S/C42H28/c1-3-13-29(14-4-1)30-23-25-32(26-24-30)41-36-19-9-11-21-38(36)42(39-22-12-10-20-37(39)41)40-28-27-33(31-15-5-2-6-16-31)34-17-7-8-18-35(34)40/h1-28H/i1D,2D,3D,4D,5D,6D,7D,8D,9D,10D,11D,12D,13D,14D,15D,16D,17D,18D,19D,20D,21D,22D,23D,24D,25D,26D,27D,28D. The Bertz CT molecular complexity index is 3630. The van der Waals surface area contributed by atoms with E-state index in [9.17, 15) is 12.3 Å². The van der Waals surface area contributed by atoms with Crippen molar-refractivity contribution < 1.29 is 38.4 Å². The van der Waals surface area contributed by atoms with E-state index >= 15 is 0 Å². The van der Waals surface area contributed by atoms with Crippen LogP contribution in [0.2, 0.25) is 0 Å². The van der Waals surface area contributed by atoms with Crippen LogP contribution in [0.5, 0.6) is 0 Å². The van der Waals surface area contributed by atoms with Crippen molar-refractivity contribution >= 4 is 32.3 Å². The second-order valence-corrected chi connectivity index (χ2v) is 8.75. The Labute approximate surface area is 285 Å². The Morgan fingerprint density at radius 1 is 0.238 bits per heavy atom. The molecule has 0 atom stereocenters. The van der Waals surface area contributed by atoms with Gasteiger partial charge in [-0.15, -0.1) is 0 Å². The molecule has 0 fully saturated rings. The molecule has 0 spiro atoms. The van der Waals surface area contributed by atoms with E-state index in [4.69, 9.17) is 26.0 Å². The zero-order valence-corrected chi connectivity index (χ0v) is 21.0. The van der Waals surface area contributed by atoms with Gasteiger partial charge in [-0.3, -0.25) is 0 Å². The summed E-state index contributed by atoms with van der Waals surface area (Å²) in [5.74, 6) is 0. The summed E-state index contributed by atoms with van der Waals surface area (Å²) in [5, 5.41) is -4.66. The van der Waals surface area contributed by atoms with Gasteiger partial charge in [0.05, 0.1) is 38.4 Å². The molecule has 8 aromatic carbocycles. The van der Waals surface area contributed by atoms with Crippen molar-refractivity contribution in [2.24, 2.45) is 0 Å².